The van der Waals surface area contributed by atoms with E-state index in [-0.39, 0.29) is 24.2 Å². The number of carbonyl (C=O) groups excluding carboxylic acids is 1. The summed E-state index contributed by atoms with van der Waals surface area (Å²) < 4.78 is 21.0. The minimum atomic E-state index is -0.308. The van der Waals surface area contributed by atoms with E-state index in [2.05, 4.69) is 15.4 Å². The lowest BCUT2D eigenvalue weighted by Crippen LogP contribution is -2.12. The van der Waals surface area contributed by atoms with Gasteiger partial charge in [-0.1, -0.05) is 35.9 Å². The van der Waals surface area contributed by atoms with E-state index in [0.29, 0.717) is 17.0 Å². The zero-order valence-corrected chi connectivity index (χ0v) is 17.0. The lowest BCUT2D eigenvalue weighted by Gasteiger charge is -2.04. The van der Waals surface area contributed by atoms with E-state index >= 15 is 0 Å². The summed E-state index contributed by atoms with van der Waals surface area (Å²) in [6.07, 6.45) is 1.46. The number of aryl methyl sites for hydroxylation is 1. The van der Waals surface area contributed by atoms with Crippen molar-refractivity contribution in [1.82, 2.24) is 14.8 Å². The molecule has 0 aliphatic carbocycles. The molecule has 0 saturated heterocycles. The van der Waals surface area contributed by atoms with E-state index < -0.39 is 0 Å². The molecule has 1 N–H and O–H groups in total. The predicted molar refractivity (Wildman–Crippen MR) is 113 cm³/mol. The van der Waals surface area contributed by atoms with Crippen LogP contribution in [0.1, 0.15) is 26.4 Å². The molecule has 0 fully saturated rings. The zero-order valence-electron chi connectivity index (χ0n) is 16.2. The van der Waals surface area contributed by atoms with E-state index in [1.165, 1.54) is 34.0 Å². The molecule has 0 spiro atoms. The van der Waals surface area contributed by atoms with Crippen LogP contribution >= 0.6 is 11.3 Å². The van der Waals surface area contributed by atoms with Gasteiger partial charge < -0.3 is 4.74 Å². The Morgan fingerprint density at radius 3 is 2.80 bits per heavy atom. The van der Waals surface area contributed by atoms with Crippen LogP contribution in [0.5, 0.6) is 5.75 Å². The molecular weight excluding hydrogens is 403 g/mol. The number of nitrogens with one attached hydrogen (secondary N) is 1. The second-order valence-electron chi connectivity index (χ2n) is 6.73. The molecule has 1 amide bonds. The fraction of sp³-hybridized carbons (Fsp3) is 0.136. The highest BCUT2D eigenvalue weighted by Crippen LogP contribution is 2.19. The monoisotopic (exact) mass is 422 g/mol. The molecule has 0 aliphatic rings. The number of thiophene rings is 1. The van der Waals surface area contributed by atoms with E-state index in [4.69, 9.17) is 4.74 Å². The minimum Gasteiger partial charge on any atom is -0.489 e. The van der Waals surface area contributed by atoms with Crippen molar-refractivity contribution in [1.29, 1.82) is 0 Å². The van der Waals surface area contributed by atoms with Crippen molar-refractivity contribution in [2.45, 2.75) is 20.1 Å². The summed E-state index contributed by atoms with van der Waals surface area (Å²) >= 11 is 1.32. The van der Waals surface area contributed by atoms with Crippen LogP contribution in [-0.4, -0.2) is 20.7 Å². The summed E-state index contributed by atoms with van der Waals surface area (Å²) in [6, 6.07) is 16.1. The first kappa shape index (κ1) is 19.8. The van der Waals surface area contributed by atoms with Gasteiger partial charge in [0.05, 0.1) is 11.4 Å². The van der Waals surface area contributed by atoms with E-state index in [0.717, 1.165) is 11.3 Å². The Bertz CT molecular complexity index is 1150. The number of rotatable bonds is 7. The molecule has 8 heteroatoms. The highest BCUT2D eigenvalue weighted by atomic mass is 32.1. The van der Waals surface area contributed by atoms with Crippen LogP contribution in [0, 0.1) is 12.7 Å². The maximum Gasteiger partial charge on any atom is 0.268 e. The van der Waals surface area contributed by atoms with Gasteiger partial charge in [0.1, 0.15) is 24.5 Å². The number of anilines is 1. The van der Waals surface area contributed by atoms with Gasteiger partial charge in [-0.25, -0.2) is 14.1 Å². The van der Waals surface area contributed by atoms with Crippen LogP contribution in [0.2, 0.25) is 0 Å². The van der Waals surface area contributed by atoms with Gasteiger partial charge in [0.25, 0.3) is 5.91 Å². The summed E-state index contributed by atoms with van der Waals surface area (Å²) in [6.45, 7) is 2.63. The smallest absolute Gasteiger partial charge is 0.268 e. The van der Waals surface area contributed by atoms with Crippen LogP contribution < -0.4 is 10.1 Å². The van der Waals surface area contributed by atoms with Crippen molar-refractivity contribution < 1.29 is 13.9 Å². The second kappa shape index (κ2) is 8.87. The lowest BCUT2D eigenvalue weighted by atomic mass is 10.2. The molecule has 0 bridgehead atoms. The fourth-order valence-electron chi connectivity index (χ4n) is 2.76. The van der Waals surface area contributed by atoms with Crippen LogP contribution in [0.4, 0.5) is 10.3 Å². The third-order valence-electron chi connectivity index (χ3n) is 4.36. The van der Waals surface area contributed by atoms with Crippen molar-refractivity contribution in [2.24, 2.45) is 0 Å². The van der Waals surface area contributed by atoms with Crippen LogP contribution in [0.25, 0.3) is 0 Å². The highest BCUT2D eigenvalue weighted by Gasteiger charge is 2.13. The number of hydrogen-bond acceptors (Lipinski definition) is 5. The van der Waals surface area contributed by atoms with Gasteiger partial charge in [-0.05, 0) is 36.6 Å². The summed E-state index contributed by atoms with van der Waals surface area (Å²) in [5, 5.41) is 8.74. The minimum absolute atomic E-state index is 0.169. The number of benzene rings is 2. The number of carbonyl (C=O) groups is 1. The normalized spacial score (nSPS) is 10.7. The predicted octanol–water partition coefficient (Wildman–Crippen LogP) is 4.67. The largest absolute Gasteiger partial charge is 0.489 e. The molecule has 4 rings (SSSR count). The number of hydrogen-bond donors (Lipinski definition) is 1. The van der Waals surface area contributed by atoms with Gasteiger partial charge >= 0.3 is 0 Å². The summed E-state index contributed by atoms with van der Waals surface area (Å²) in [7, 11) is 0. The molecule has 152 valence electrons. The van der Waals surface area contributed by atoms with Gasteiger partial charge in [0.2, 0.25) is 5.95 Å². The molecule has 2 aromatic carbocycles. The number of amides is 1. The van der Waals surface area contributed by atoms with Crippen molar-refractivity contribution >= 4 is 23.2 Å². The topological polar surface area (TPSA) is 69.0 Å². The summed E-state index contributed by atoms with van der Waals surface area (Å²) in [5.74, 6) is 0.340. The van der Waals surface area contributed by atoms with E-state index in [1.807, 2.05) is 36.6 Å². The Balaban J connectivity index is 1.34. The standard InChI is InChI=1S/C22H19FN4O2S/c1-15-6-8-18(9-7-15)29-12-16-10-20(30-13-16)21(28)25-22-24-14-27(26-22)11-17-4-2-3-5-19(17)23/h2-10,13-14H,11-12H2,1H3,(H,25,26,28). The zero-order chi connectivity index (χ0) is 20.9. The van der Waals surface area contributed by atoms with Gasteiger partial charge in [-0.2, -0.15) is 0 Å². The fourth-order valence-corrected chi connectivity index (χ4v) is 3.56. The Hall–Kier alpha value is -3.52. The molecule has 0 atom stereocenters. The Morgan fingerprint density at radius 1 is 1.20 bits per heavy atom. The molecule has 4 aromatic rings. The molecular formula is C22H19FN4O2S. The molecule has 6 nitrogen and oxygen atoms in total. The maximum atomic E-state index is 13.8. The molecule has 0 saturated carbocycles. The quantitative estimate of drug-likeness (QED) is 0.470. The highest BCUT2D eigenvalue weighted by molar-refractivity contribution is 7.12. The lowest BCUT2D eigenvalue weighted by molar-refractivity contribution is 0.102. The SMILES string of the molecule is Cc1ccc(OCc2csc(C(=O)Nc3ncn(Cc4ccccc4F)n3)c2)cc1. The molecule has 2 heterocycles. The van der Waals surface area contributed by atoms with Crippen molar-refractivity contribution in [2.75, 3.05) is 5.32 Å². The number of aromatic nitrogens is 3. The molecule has 0 unspecified atom stereocenters. The third kappa shape index (κ3) is 4.90. The molecule has 30 heavy (non-hydrogen) atoms. The van der Waals surface area contributed by atoms with E-state index in [1.54, 1.807) is 24.3 Å². The molecule has 0 radical (unpaired) electrons. The average molecular weight is 422 g/mol. The first-order valence-electron chi connectivity index (χ1n) is 9.28. The second-order valence-corrected chi connectivity index (χ2v) is 7.64. The van der Waals surface area contributed by atoms with E-state index in [9.17, 15) is 9.18 Å². The van der Waals surface area contributed by atoms with Crippen molar-refractivity contribution in [3.63, 3.8) is 0 Å². The third-order valence-corrected chi connectivity index (χ3v) is 5.33. The van der Waals surface area contributed by atoms with Crippen LogP contribution in [0.3, 0.4) is 0 Å². The Morgan fingerprint density at radius 2 is 2.00 bits per heavy atom. The first-order valence-corrected chi connectivity index (χ1v) is 10.2. The van der Waals surface area contributed by atoms with Crippen LogP contribution in [0.15, 0.2) is 66.3 Å². The average Bonchev–Trinajstić information content (AvgIpc) is 3.39. The number of halogens is 1. The van der Waals surface area contributed by atoms with Crippen LogP contribution in [-0.2, 0) is 13.2 Å². The summed E-state index contributed by atoms with van der Waals surface area (Å²) in [4.78, 5) is 17.1. The number of ether oxygens (including phenoxy) is 1. The van der Waals surface area contributed by atoms with Crippen molar-refractivity contribution in [3.8, 4) is 5.75 Å². The van der Waals surface area contributed by atoms with Crippen molar-refractivity contribution in [3.05, 3.63) is 93.7 Å². The van der Waals surface area contributed by atoms with Gasteiger partial charge in [-0.3, -0.25) is 10.1 Å². The summed E-state index contributed by atoms with van der Waals surface area (Å²) in [5.41, 5.74) is 2.57. The Kier molecular flexibility index (Phi) is 5.85. The van der Waals surface area contributed by atoms with Gasteiger partial charge in [0, 0.05) is 11.1 Å². The Labute approximate surface area is 177 Å². The van der Waals surface area contributed by atoms with Gasteiger partial charge in [-0.15, -0.1) is 16.4 Å². The first-order chi connectivity index (χ1) is 14.6. The number of nitrogens with zero attached hydrogens (tertiary/aromatic N) is 3. The van der Waals surface area contributed by atoms with Gasteiger partial charge in [0.15, 0.2) is 0 Å². The molecule has 2 aromatic heterocycles. The molecule has 0 aliphatic heterocycles. The maximum absolute atomic E-state index is 13.8.